The number of aromatic nitrogens is 2. The van der Waals surface area contributed by atoms with E-state index in [4.69, 9.17) is 10.2 Å². The van der Waals surface area contributed by atoms with E-state index in [2.05, 4.69) is 4.98 Å². The second-order valence-corrected chi connectivity index (χ2v) is 3.18. The molecule has 0 bridgehead atoms. The highest BCUT2D eigenvalue weighted by Crippen LogP contribution is 2.12. The molecule has 0 spiro atoms. The second-order valence-electron chi connectivity index (χ2n) is 3.18. The summed E-state index contributed by atoms with van der Waals surface area (Å²) >= 11 is 0. The van der Waals surface area contributed by atoms with Crippen LogP contribution in [-0.2, 0) is 13.1 Å². The predicted molar refractivity (Wildman–Crippen MR) is 52.7 cm³/mol. The maximum absolute atomic E-state index is 5.58. The molecule has 0 radical (unpaired) electrons. The quantitative estimate of drug-likeness (QED) is 0.795. The van der Waals surface area contributed by atoms with Crippen LogP contribution in [0.4, 0.5) is 0 Å². The summed E-state index contributed by atoms with van der Waals surface area (Å²) in [7, 11) is 0. The average Bonchev–Trinajstić information content (AvgIpc) is 2.77. The van der Waals surface area contributed by atoms with Crippen LogP contribution in [0.3, 0.4) is 0 Å². The first-order valence-electron chi connectivity index (χ1n) is 4.54. The van der Waals surface area contributed by atoms with Crippen molar-refractivity contribution in [2.45, 2.75) is 20.0 Å². The minimum atomic E-state index is 0.513. The summed E-state index contributed by atoms with van der Waals surface area (Å²) in [5, 5.41) is 0. The van der Waals surface area contributed by atoms with Gasteiger partial charge in [0.2, 0.25) is 0 Å². The molecule has 4 heteroatoms. The van der Waals surface area contributed by atoms with Crippen LogP contribution in [0.1, 0.15) is 17.1 Å². The van der Waals surface area contributed by atoms with Crippen LogP contribution in [0.15, 0.2) is 29.1 Å². The fraction of sp³-hybridized carbons (Fsp3) is 0.300. The molecule has 0 aliphatic rings. The molecule has 2 aromatic heterocycles. The van der Waals surface area contributed by atoms with E-state index in [1.807, 2.05) is 23.8 Å². The van der Waals surface area contributed by atoms with Gasteiger partial charge < -0.3 is 14.7 Å². The molecule has 0 atom stereocenters. The zero-order valence-electron chi connectivity index (χ0n) is 8.10. The van der Waals surface area contributed by atoms with Crippen LogP contribution in [0.2, 0.25) is 0 Å². The van der Waals surface area contributed by atoms with Gasteiger partial charge in [-0.1, -0.05) is 0 Å². The van der Waals surface area contributed by atoms with Crippen molar-refractivity contribution in [3.05, 3.63) is 41.9 Å². The van der Waals surface area contributed by atoms with Crippen LogP contribution >= 0.6 is 0 Å². The maximum atomic E-state index is 5.58. The number of aryl methyl sites for hydroxylation is 1. The van der Waals surface area contributed by atoms with Gasteiger partial charge >= 0.3 is 0 Å². The molecule has 2 N–H and O–H groups in total. The van der Waals surface area contributed by atoms with E-state index in [0.717, 1.165) is 17.1 Å². The lowest BCUT2D eigenvalue weighted by atomic mass is 10.2. The zero-order valence-corrected chi connectivity index (χ0v) is 8.10. The third-order valence-corrected chi connectivity index (χ3v) is 2.30. The van der Waals surface area contributed by atoms with Crippen molar-refractivity contribution in [2.24, 2.45) is 5.73 Å². The molecule has 2 aromatic rings. The summed E-state index contributed by atoms with van der Waals surface area (Å²) in [6.45, 7) is 3.18. The van der Waals surface area contributed by atoms with E-state index in [-0.39, 0.29) is 0 Å². The van der Waals surface area contributed by atoms with E-state index >= 15 is 0 Å². The van der Waals surface area contributed by atoms with Gasteiger partial charge in [-0.25, -0.2) is 4.98 Å². The Morgan fingerprint density at radius 2 is 2.43 bits per heavy atom. The molecule has 0 aliphatic carbocycles. The molecule has 2 rings (SSSR count). The largest absolute Gasteiger partial charge is 0.467 e. The molecule has 0 saturated heterocycles. The first kappa shape index (κ1) is 9.02. The Balaban J connectivity index is 2.22. The smallest absolute Gasteiger partial charge is 0.127 e. The van der Waals surface area contributed by atoms with Gasteiger partial charge in [-0.3, -0.25) is 0 Å². The van der Waals surface area contributed by atoms with Gasteiger partial charge in [-0.15, -0.1) is 0 Å². The van der Waals surface area contributed by atoms with Gasteiger partial charge in [0.15, 0.2) is 0 Å². The Morgan fingerprint density at radius 1 is 1.57 bits per heavy atom. The summed E-state index contributed by atoms with van der Waals surface area (Å²) in [4.78, 5) is 4.14. The molecule has 0 saturated carbocycles. The number of nitrogens with zero attached hydrogens (tertiary/aromatic N) is 2. The molecule has 0 fully saturated rings. The molecule has 14 heavy (non-hydrogen) atoms. The summed E-state index contributed by atoms with van der Waals surface area (Å²) in [6.07, 6.45) is 5.38. The highest BCUT2D eigenvalue weighted by Gasteiger charge is 2.06. The van der Waals surface area contributed by atoms with Crippen molar-refractivity contribution in [2.75, 3.05) is 0 Å². The number of rotatable bonds is 3. The third kappa shape index (κ3) is 1.56. The van der Waals surface area contributed by atoms with Crippen molar-refractivity contribution in [3.8, 4) is 0 Å². The molecule has 0 amide bonds. The normalized spacial score (nSPS) is 10.7. The Labute approximate surface area is 82.4 Å². The highest BCUT2D eigenvalue weighted by atomic mass is 16.3. The number of furan rings is 1. The van der Waals surface area contributed by atoms with Gasteiger partial charge in [-0.2, -0.15) is 0 Å². The van der Waals surface area contributed by atoms with E-state index in [1.165, 1.54) is 0 Å². The van der Waals surface area contributed by atoms with Crippen LogP contribution in [-0.4, -0.2) is 9.55 Å². The molecule has 0 aliphatic heterocycles. The van der Waals surface area contributed by atoms with Crippen molar-refractivity contribution < 1.29 is 4.42 Å². The number of hydrogen-bond donors (Lipinski definition) is 1. The van der Waals surface area contributed by atoms with E-state index in [1.54, 1.807) is 12.5 Å². The summed E-state index contributed by atoms with van der Waals surface area (Å²) in [6, 6.07) is 1.90. The minimum absolute atomic E-state index is 0.513. The van der Waals surface area contributed by atoms with Crippen LogP contribution in [0, 0.1) is 6.92 Å². The van der Waals surface area contributed by atoms with Gasteiger partial charge in [0, 0.05) is 24.5 Å². The molecular weight excluding hydrogens is 178 g/mol. The van der Waals surface area contributed by atoms with Crippen molar-refractivity contribution >= 4 is 0 Å². The summed E-state index contributed by atoms with van der Waals surface area (Å²) < 4.78 is 7.38. The number of imidazole rings is 1. The molecule has 4 nitrogen and oxygen atoms in total. The zero-order chi connectivity index (χ0) is 9.97. The van der Waals surface area contributed by atoms with Crippen LogP contribution in [0.5, 0.6) is 0 Å². The molecule has 0 aromatic carbocycles. The maximum Gasteiger partial charge on any atom is 0.127 e. The Kier molecular flexibility index (Phi) is 2.37. The monoisotopic (exact) mass is 191 g/mol. The molecule has 0 unspecified atom stereocenters. The van der Waals surface area contributed by atoms with Crippen LogP contribution in [0.25, 0.3) is 0 Å². The van der Waals surface area contributed by atoms with E-state index in [9.17, 15) is 0 Å². The molecular formula is C10H13N3O. The Morgan fingerprint density at radius 3 is 3.07 bits per heavy atom. The van der Waals surface area contributed by atoms with Gasteiger partial charge in [0.1, 0.15) is 11.6 Å². The van der Waals surface area contributed by atoms with Crippen molar-refractivity contribution in [1.82, 2.24) is 9.55 Å². The Hall–Kier alpha value is -1.55. The predicted octanol–water partition coefficient (Wildman–Crippen LogP) is 1.29. The summed E-state index contributed by atoms with van der Waals surface area (Å²) in [5.41, 5.74) is 6.63. The second kappa shape index (κ2) is 3.67. The number of nitrogens with two attached hydrogens (primary N) is 1. The van der Waals surface area contributed by atoms with E-state index < -0.39 is 0 Å². The highest BCUT2D eigenvalue weighted by molar-refractivity contribution is 5.17. The van der Waals surface area contributed by atoms with E-state index in [0.29, 0.717) is 13.1 Å². The van der Waals surface area contributed by atoms with Gasteiger partial charge in [-0.05, 0) is 13.0 Å². The standard InChI is InChI=1S/C10H13N3O/c1-8-12-3-4-13(8)7-10-9(6-11)2-5-14-10/h2-5H,6-7,11H2,1H3. The third-order valence-electron chi connectivity index (χ3n) is 2.30. The lowest BCUT2D eigenvalue weighted by Crippen LogP contribution is -2.04. The van der Waals surface area contributed by atoms with Gasteiger partial charge in [0.25, 0.3) is 0 Å². The topological polar surface area (TPSA) is 57.0 Å². The first-order chi connectivity index (χ1) is 6.81. The SMILES string of the molecule is Cc1nccn1Cc1occc1CN. The Bertz CT molecular complexity index is 416. The lowest BCUT2D eigenvalue weighted by Gasteiger charge is -2.03. The fourth-order valence-corrected chi connectivity index (χ4v) is 1.41. The van der Waals surface area contributed by atoms with Gasteiger partial charge in [0.05, 0.1) is 12.8 Å². The van der Waals surface area contributed by atoms with Crippen molar-refractivity contribution in [3.63, 3.8) is 0 Å². The molecule has 74 valence electrons. The lowest BCUT2D eigenvalue weighted by molar-refractivity contribution is 0.486. The number of hydrogen-bond acceptors (Lipinski definition) is 3. The fourth-order valence-electron chi connectivity index (χ4n) is 1.41. The summed E-state index contributed by atoms with van der Waals surface area (Å²) in [5.74, 6) is 1.89. The van der Waals surface area contributed by atoms with Crippen molar-refractivity contribution in [1.29, 1.82) is 0 Å². The average molecular weight is 191 g/mol. The molecule has 2 heterocycles. The van der Waals surface area contributed by atoms with Crippen LogP contribution < -0.4 is 5.73 Å². The minimum Gasteiger partial charge on any atom is -0.467 e. The first-order valence-corrected chi connectivity index (χ1v) is 4.54.